The van der Waals surface area contributed by atoms with E-state index >= 15 is 0 Å². The molecule has 0 aliphatic heterocycles. The van der Waals surface area contributed by atoms with Crippen LogP contribution in [0.4, 0.5) is 0 Å². The molecule has 4 heteroatoms. The number of hydrogen-bond donors (Lipinski definition) is 2. The van der Waals surface area contributed by atoms with Crippen molar-refractivity contribution in [1.29, 1.82) is 0 Å². The average Bonchev–Trinajstić information content (AvgIpc) is 3.01. The van der Waals surface area contributed by atoms with Gasteiger partial charge in [0.25, 0.3) is 5.91 Å². The van der Waals surface area contributed by atoms with E-state index in [-0.39, 0.29) is 19.1 Å². The van der Waals surface area contributed by atoms with Gasteiger partial charge < -0.3 is 15.2 Å². The molecule has 0 fully saturated rings. The summed E-state index contributed by atoms with van der Waals surface area (Å²) in [4.78, 5) is 12.1. The van der Waals surface area contributed by atoms with Crippen molar-refractivity contribution < 1.29 is 14.6 Å². The summed E-state index contributed by atoms with van der Waals surface area (Å²) < 4.78 is 5.59. The highest BCUT2D eigenvalue weighted by Gasteiger charge is 2.35. The van der Waals surface area contributed by atoms with Crippen molar-refractivity contribution in [2.45, 2.75) is 18.4 Å². The fraction of sp³-hybridized carbons (Fsp3) is 0.227. The van der Waals surface area contributed by atoms with Crippen molar-refractivity contribution >= 4 is 16.7 Å². The number of nitrogens with one attached hydrogen (secondary N) is 1. The topological polar surface area (TPSA) is 58.6 Å². The van der Waals surface area contributed by atoms with E-state index in [0.717, 1.165) is 21.9 Å². The first-order valence-corrected chi connectivity index (χ1v) is 8.79. The molecule has 1 aliphatic rings. The van der Waals surface area contributed by atoms with Gasteiger partial charge in [0.1, 0.15) is 5.75 Å². The van der Waals surface area contributed by atoms with Gasteiger partial charge in [-0.25, -0.2) is 0 Å². The lowest BCUT2D eigenvalue weighted by Crippen LogP contribution is -2.45. The van der Waals surface area contributed by atoms with E-state index in [0.29, 0.717) is 18.6 Å². The van der Waals surface area contributed by atoms with Gasteiger partial charge in [-0.1, -0.05) is 54.6 Å². The van der Waals surface area contributed by atoms with E-state index in [1.54, 1.807) is 0 Å². The monoisotopic (exact) mass is 347 g/mol. The molecule has 0 unspecified atom stereocenters. The Morgan fingerprint density at radius 3 is 2.35 bits per heavy atom. The highest BCUT2D eigenvalue weighted by molar-refractivity contribution is 5.84. The minimum Gasteiger partial charge on any atom is -0.484 e. The predicted octanol–water partition coefficient (Wildman–Crippen LogP) is 2.86. The van der Waals surface area contributed by atoms with Crippen molar-refractivity contribution in [2.75, 3.05) is 13.2 Å². The third-order valence-electron chi connectivity index (χ3n) is 4.86. The zero-order valence-corrected chi connectivity index (χ0v) is 14.4. The molecule has 3 aromatic rings. The fourth-order valence-electron chi connectivity index (χ4n) is 3.52. The summed E-state index contributed by atoms with van der Waals surface area (Å²) in [7, 11) is 0. The first-order valence-electron chi connectivity index (χ1n) is 8.79. The molecule has 0 spiro atoms. The molecule has 3 aromatic carbocycles. The second kappa shape index (κ2) is 6.81. The van der Waals surface area contributed by atoms with Gasteiger partial charge >= 0.3 is 0 Å². The number of ether oxygens (including phenoxy) is 1. The Hall–Kier alpha value is -2.85. The van der Waals surface area contributed by atoms with E-state index in [1.165, 1.54) is 0 Å². The number of rotatable bonds is 5. The number of aliphatic hydroxyl groups is 1. The van der Waals surface area contributed by atoms with E-state index in [2.05, 4.69) is 5.32 Å². The predicted molar refractivity (Wildman–Crippen MR) is 101 cm³/mol. The molecular formula is C22H21NO3. The molecule has 4 rings (SSSR count). The van der Waals surface area contributed by atoms with Crippen LogP contribution in [0.5, 0.6) is 5.75 Å². The first kappa shape index (κ1) is 16.6. The Bertz CT molecular complexity index is 926. The average molecular weight is 347 g/mol. The minimum atomic E-state index is -0.914. The summed E-state index contributed by atoms with van der Waals surface area (Å²) in [5.74, 6) is 0.424. The number of benzene rings is 3. The van der Waals surface area contributed by atoms with Gasteiger partial charge in [-0.15, -0.1) is 0 Å². The molecule has 0 saturated heterocycles. The van der Waals surface area contributed by atoms with Crippen molar-refractivity contribution in [2.24, 2.45) is 0 Å². The smallest absolute Gasteiger partial charge is 0.258 e. The lowest BCUT2D eigenvalue weighted by molar-refractivity contribution is -0.124. The van der Waals surface area contributed by atoms with E-state index in [1.807, 2.05) is 66.7 Å². The maximum atomic E-state index is 12.1. The Kier molecular flexibility index (Phi) is 4.35. The van der Waals surface area contributed by atoms with Gasteiger partial charge in [0.2, 0.25) is 0 Å². The number of amides is 1. The van der Waals surface area contributed by atoms with Crippen LogP contribution in [0.3, 0.4) is 0 Å². The van der Waals surface area contributed by atoms with Crippen LogP contribution in [0, 0.1) is 0 Å². The Morgan fingerprint density at radius 2 is 1.62 bits per heavy atom. The lowest BCUT2D eigenvalue weighted by Gasteiger charge is -2.22. The van der Waals surface area contributed by atoms with E-state index in [4.69, 9.17) is 4.74 Å². The van der Waals surface area contributed by atoms with Crippen LogP contribution in [-0.2, 0) is 17.6 Å². The normalized spacial score (nSPS) is 14.8. The van der Waals surface area contributed by atoms with E-state index in [9.17, 15) is 9.90 Å². The highest BCUT2D eigenvalue weighted by Crippen LogP contribution is 2.29. The first-order chi connectivity index (χ1) is 12.6. The molecule has 0 atom stereocenters. The van der Waals surface area contributed by atoms with Crippen LogP contribution >= 0.6 is 0 Å². The SMILES string of the molecule is O=C(COc1ccc2ccccc2c1)NCC1(O)Cc2ccccc2C1. The van der Waals surface area contributed by atoms with Crippen LogP contribution in [-0.4, -0.2) is 29.8 Å². The third-order valence-corrected chi connectivity index (χ3v) is 4.86. The zero-order valence-electron chi connectivity index (χ0n) is 14.4. The van der Waals surface area contributed by atoms with Gasteiger partial charge in [0.15, 0.2) is 6.61 Å². The van der Waals surface area contributed by atoms with Crippen LogP contribution in [0.2, 0.25) is 0 Å². The molecule has 26 heavy (non-hydrogen) atoms. The molecular weight excluding hydrogens is 326 g/mol. The van der Waals surface area contributed by atoms with Crippen molar-refractivity contribution in [3.05, 3.63) is 77.9 Å². The van der Waals surface area contributed by atoms with Crippen molar-refractivity contribution in [3.8, 4) is 5.75 Å². The highest BCUT2D eigenvalue weighted by atomic mass is 16.5. The standard InChI is InChI=1S/C22H21NO3/c24-21(14-26-20-10-9-16-5-1-2-6-17(16)11-20)23-15-22(25)12-18-7-3-4-8-19(18)13-22/h1-11,25H,12-15H2,(H,23,24). The molecule has 132 valence electrons. The van der Waals surface area contributed by atoms with Gasteiger partial charge in [-0.05, 0) is 34.0 Å². The molecule has 1 aliphatic carbocycles. The van der Waals surface area contributed by atoms with Gasteiger partial charge in [0, 0.05) is 19.4 Å². The molecule has 2 N–H and O–H groups in total. The third kappa shape index (κ3) is 3.55. The summed E-state index contributed by atoms with van der Waals surface area (Å²) in [6.45, 7) is 0.156. The van der Waals surface area contributed by atoms with Crippen LogP contribution in [0.25, 0.3) is 10.8 Å². The molecule has 0 bridgehead atoms. The minimum absolute atomic E-state index is 0.0681. The van der Waals surface area contributed by atoms with Crippen LogP contribution in [0.1, 0.15) is 11.1 Å². The van der Waals surface area contributed by atoms with Crippen LogP contribution in [0.15, 0.2) is 66.7 Å². The molecule has 1 amide bonds. The second-order valence-corrected chi connectivity index (χ2v) is 6.92. The van der Waals surface area contributed by atoms with Crippen LogP contribution < -0.4 is 10.1 Å². The maximum absolute atomic E-state index is 12.1. The molecule has 0 saturated carbocycles. The Labute approximate surface area is 152 Å². The molecule has 0 heterocycles. The lowest BCUT2D eigenvalue weighted by atomic mass is 10.0. The van der Waals surface area contributed by atoms with E-state index < -0.39 is 5.60 Å². The number of carbonyl (C=O) groups excluding carboxylic acids is 1. The summed E-state index contributed by atoms with van der Waals surface area (Å²) >= 11 is 0. The van der Waals surface area contributed by atoms with Crippen molar-refractivity contribution in [1.82, 2.24) is 5.32 Å². The summed E-state index contributed by atoms with van der Waals surface area (Å²) in [5.41, 5.74) is 1.38. The maximum Gasteiger partial charge on any atom is 0.258 e. The zero-order chi connectivity index (χ0) is 18.0. The quantitative estimate of drug-likeness (QED) is 0.746. The largest absolute Gasteiger partial charge is 0.484 e. The second-order valence-electron chi connectivity index (χ2n) is 6.92. The molecule has 0 radical (unpaired) electrons. The van der Waals surface area contributed by atoms with Gasteiger partial charge in [0.05, 0.1) is 5.60 Å². The molecule has 0 aromatic heterocycles. The summed E-state index contributed by atoms with van der Waals surface area (Å²) in [6.07, 6.45) is 1.13. The Morgan fingerprint density at radius 1 is 0.962 bits per heavy atom. The summed E-state index contributed by atoms with van der Waals surface area (Å²) in [5, 5.41) is 15.7. The number of hydrogen-bond acceptors (Lipinski definition) is 3. The number of fused-ring (bicyclic) bond motifs is 2. The fourth-order valence-corrected chi connectivity index (χ4v) is 3.52. The van der Waals surface area contributed by atoms with Gasteiger partial charge in [-0.2, -0.15) is 0 Å². The summed E-state index contributed by atoms with van der Waals surface area (Å²) in [6, 6.07) is 21.8. The Balaban J connectivity index is 1.30. The number of carbonyl (C=O) groups is 1. The van der Waals surface area contributed by atoms with Gasteiger partial charge in [-0.3, -0.25) is 4.79 Å². The molecule has 4 nitrogen and oxygen atoms in total. The van der Waals surface area contributed by atoms with Crippen molar-refractivity contribution in [3.63, 3.8) is 0 Å².